The topological polar surface area (TPSA) is 52.7 Å². The van der Waals surface area contributed by atoms with Crippen LogP contribution in [0.5, 0.6) is 0 Å². The van der Waals surface area contributed by atoms with E-state index in [-0.39, 0.29) is 17.9 Å². The minimum Gasteiger partial charge on any atom is -0.345 e. The van der Waals surface area contributed by atoms with E-state index in [1.807, 2.05) is 11.9 Å². The first kappa shape index (κ1) is 23.4. The summed E-state index contributed by atoms with van der Waals surface area (Å²) in [5.41, 5.74) is 2.51. The molecule has 0 aromatic heterocycles. The summed E-state index contributed by atoms with van der Waals surface area (Å²) in [5.74, 6) is 3.37. The highest BCUT2D eigenvalue weighted by molar-refractivity contribution is 5.86. The van der Waals surface area contributed by atoms with Crippen molar-refractivity contribution < 1.29 is 9.59 Å². The molecule has 4 fully saturated rings. The number of amides is 2. The van der Waals surface area contributed by atoms with Gasteiger partial charge in [-0.05, 0) is 107 Å². The van der Waals surface area contributed by atoms with Gasteiger partial charge in [-0.3, -0.25) is 9.59 Å². The Labute approximate surface area is 200 Å². The standard InChI is InChI=1S/C28H45N3O2/c1-17(29-19(3)32)26(33)31(6)21-11-13-27(4)20(15-21)7-8-22-24(27)12-14-28-16-30(5)18(2)23(28)9-10-25(22)28/h7,17-18,21-25H,8-16H2,1-6H3,(H,29,32)/t17-,18+,21+,22-,23-,24+,25+,27+,28+/m1/s1. The van der Waals surface area contributed by atoms with Crippen LogP contribution in [0.1, 0.15) is 79.1 Å². The van der Waals surface area contributed by atoms with Crippen LogP contribution in [0.4, 0.5) is 0 Å². The predicted molar refractivity (Wildman–Crippen MR) is 131 cm³/mol. The van der Waals surface area contributed by atoms with Crippen LogP contribution in [-0.2, 0) is 9.59 Å². The van der Waals surface area contributed by atoms with Gasteiger partial charge in [0, 0.05) is 32.6 Å². The van der Waals surface area contributed by atoms with Crippen LogP contribution in [0.15, 0.2) is 11.6 Å². The number of hydrogen-bond donors (Lipinski definition) is 1. The normalized spacial score (nSPS) is 45.2. The molecule has 5 rings (SSSR count). The predicted octanol–water partition coefficient (Wildman–Crippen LogP) is 4.23. The lowest BCUT2D eigenvalue weighted by atomic mass is 9.47. The zero-order valence-electron chi connectivity index (χ0n) is 21.7. The smallest absolute Gasteiger partial charge is 0.244 e. The van der Waals surface area contributed by atoms with E-state index in [2.05, 4.69) is 37.2 Å². The highest BCUT2D eigenvalue weighted by atomic mass is 16.2. The highest BCUT2D eigenvalue weighted by Crippen LogP contribution is 2.68. The van der Waals surface area contributed by atoms with Crippen molar-refractivity contribution in [3.63, 3.8) is 0 Å². The summed E-state index contributed by atoms with van der Waals surface area (Å²) in [7, 11) is 4.29. The van der Waals surface area contributed by atoms with E-state index in [0.29, 0.717) is 10.8 Å². The van der Waals surface area contributed by atoms with Gasteiger partial charge in [-0.25, -0.2) is 0 Å². The molecule has 5 heteroatoms. The molecule has 1 spiro atoms. The number of likely N-dealkylation sites (N-methyl/N-ethyl adjacent to an activating group) is 1. The number of fused-ring (bicyclic) bond motifs is 4. The highest BCUT2D eigenvalue weighted by Gasteiger charge is 2.64. The molecule has 3 saturated carbocycles. The zero-order chi connectivity index (χ0) is 23.7. The zero-order valence-corrected chi connectivity index (χ0v) is 21.7. The number of carbonyl (C=O) groups is 2. The molecule has 9 atom stereocenters. The summed E-state index contributed by atoms with van der Waals surface area (Å²) < 4.78 is 0. The van der Waals surface area contributed by atoms with Gasteiger partial charge >= 0.3 is 0 Å². The summed E-state index contributed by atoms with van der Waals surface area (Å²) in [6, 6.07) is 0.544. The van der Waals surface area contributed by atoms with Gasteiger partial charge in [0.25, 0.3) is 0 Å². The second kappa shape index (κ2) is 8.10. The molecular formula is C28H45N3O2. The van der Waals surface area contributed by atoms with Crippen LogP contribution in [0.3, 0.4) is 0 Å². The lowest BCUT2D eigenvalue weighted by Crippen LogP contribution is -2.54. The summed E-state index contributed by atoms with van der Waals surface area (Å²) >= 11 is 0. The average molecular weight is 456 g/mol. The molecule has 0 unspecified atom stereocenters. The molecule has 184 valence electrons. The number of carbonyl (C=O) groups excluding carboxylic acids is 2. The summed E-state index contributed by atoms with van der Waals surface area (Å²) in [6.45, 7) is 9.62. The summed E-state index contributed by atoms with van der Waals surface area (Å²) in [6.07, 6.45) is 12.8. The van der Waals surface area contributed by atoms with E-state index in [0.717, 1.165) is 42.6 Å². The molecule has 33 heavy (non-hydrogen) atoms. The molecule has 4 aliphatic carbocycles. The molecule has 1 heterocycles. The molecule has 1 aliphatic heterocycles. The molecule has 0 aromatic carbocycles. The maximum absolute atomic E-state index is 12.9. The average Bonchev–Trinajstić information content (AvgIpc) is 3.25. The monoisotopic (exact) mass is 455 g/mol. The fourth-order valence-electron chi connectivity index (χ4n) is 9.63. The molecular weight excluding hydrogens is 410 g/mol. The van der Waals surface area contributed by atoms with E-state index < -0.39 is 6.04 Å². The summed E-state index contributed by atoms with van der Waals surface area (Å²) in [4.78, 5) is 28.9. The first-order chi connectivity index (χ1) is 15.6. The van der Waals surface area contributed by atoms with Crippen LogP contribution in [0.25, 0.3) is 0 Å². The Morgan fingerprint density at radius 1 is 1.15 bits per heavy atom. The van der Waals surface area contributed by atoms with Gasteiger partial charge in [-0.2, -0.15) is 0 Å². The lowest BCUT2D eigenvalue weighted by Gasteiger charge is -2.58. The van der Waals surface area contributed by atoms with Gasteiger partial charge in [0.05, 0.1) is 0 Å². The van der Waals surface area contributed by atoms with Crippen LogP contribution in [0.2, 0.25) is 0 Å². The minimum atomic E-state index is -0.456. The third-order valence-electron chi connectivity index (χ3n) is 11.4. The van der Waals surface area contributed by atoms with Crippen molar-refractivity contribution in [3.8, 4) is 0 Å². The van der Waals surface area contributed by atoms with Gasteiger partial charge < -0.3 is 15.1 Å². The third-order valence-corrected chi connectivity index (χ3v) is 11.4. The number of nitrogens with zero attached hydrogens (tertiary/aromatic N) is 2. The largest absolute Gasteiger partial charge is 0.345 e. The molecule has 1 N–H and O–H groups in total. The maximum Gasteiger partial charge on any atom is 0.244 e. The van der Waals surface area contributed by atoms with Crippen LogP contribution in [-0.4, -0.2) is 60.4 Å². The maximum atomic E-state index is 12.9. The molecule has 2 amide bonds. The molecule has 0 aromatic rings. The van der Waals surface area contributed by atoms with E-state index in [9.17, 15) is 9.59 Å². The molecule has 5 aliphatic rings. The first-order valence-corrected chi connectivity index (χ1v) is 13.5. The second-order valence-corrected chi connectivity index (χ2v) is 12.6. The van der Waals surface area contributed by atoms with Crippen molar-refractivity contribution in [3.05, 3.63) is 11.6 Å². The Bertz CT molecular complexity index is 854. The minimum absolute atomic E-state index is 0.0316. The Morgan fingerprint density at radius 3 is 2.61 bits per heavy atom. The SMILES string of the molecule is CC(=O)N[C@H](C)C(=O)N(C)[C@H]1CC[C@@]2(C)C(=CC[C@H]3[C@@H]4CC[C@@H]5[C@H](C)N(C)C[C@@]54CC[C@@H]32)C1. The molecule has 0 bridgehead atoms. The molecule has 5 nitrogen and oxygen atoms in total. The Hall–Kier alpha value is -1.36. The Kier molecular flexibility index (Phi) is 5.74. The van der Waals surface area contributed by atoms with Gasteiger partial charge in [-0.1, -0.05) is 18.6 Å². The number of rotatable bonds is 3. The lowest BCUT2D eigenvalue weighted by molar-refractivity contribution is -0.137. The summed E-state index contributed by atoms with van der Waals surface area (Å²) in [5, 5.41) is 2.76. The first-order valence-electron chi connectivity index (χ1n) is 13.5. The van der Waals surface area contributed by atoms with Crippen molar-refractivity contribution in [1.82, 2.24) is 15.1 Å². The fraction of sp³-hybridized carbons (Fsp3) is 0.857. The number of hydrogen-bond acceptors (Lipinski definition) is 3. The van der Waals surface area contributed by atoms with E-state index in [1.54, 1.807) is 12.5 Å². The van der Waals surface area contributed by atoms with Crippen LogP contribution in [0, 0.1) is 34.5 Å². The van der Waals surface area contributed by atoms with Crippen LogP contribution >= 0.6 is 0 Å². The van der Waals surface area contributed by atoms with Gasteiger partial charge in [0.2, 0.25) is 11.8 Å². The Balaban J connectivity index is 1.33. The van der Waals surface area contributed by atoms with Gasteiger partial charge in [0.15, 0.2) is 0 Å². The third kappa shape index (κ3) is 3.43. The van der Waals surface area contributed by atoms with Crippen molar-refractivity contribution in [2.75, 3.05) is 20.6 Å². The van der Waals surface area contributed by atoms with Gasteiger partial charge in [0.1, 0.15) is 6.04 Å². The van der Waals surface area contributed by atoms with E-state index >= 15 is 0 Å². The second-order valence-electron chi connectivity index (χ2n) is 12.6. The quantitative estimate of drug-likeness (QED) is 0.648. The van der Waals surface area contributed by atoms with E-state index in [4.69, 9.17) is 0 Å². The van der Waals surface area contributed by atoms with Crippen molar-refractivity contribution >= 4 is 11.8 Å². The van der Waals surface area contributed by atoms with E-state index in [1.165, 1.54) is 52.0 Å². The molecule has 1 saturated heterocycles. The Morgan fingerprint density at radius 2 is 1.88 bits per heavy atom. The van der Waals surface area contributed by atoms with Crippen LogP contribution < -0.4 is 5.32 Å². The van der Waals surface area contributed by atoms with Gasteiger partial charge in [-0.15, -0.1) is 0 Å². The number of nitrogens with one attached hydrogen (secondary N) is 1. The number of allylic oxidation sites excluding steroid dienone is 1. The molecule has 0 radical (unpaired) electrons. The van der Waals surface area contributed by atoms with Crippen molar-refractivity contribution in [1.29, 1.82) is 0 Å². The van der Waals surface area contributed by atoms with Crippen molar-refractivity contribution in [2.24, 2.45) is 34.5 Å². The fourth-order valence-corrected chi connectivity index (χ4v) is 9.63. The van der Waals surface area contributed by atoms with Crippen molar-refractivity contribution in [2.45, 2.75) is 97.2 Å². The number of likely N-dealkylation sites (tertiary alicyclic amines) is 1.